The molecule has 39 heavy (non-hydrogen) atoms. The third-order valence-corrected chi connectivity index (χ3v) is 7.88. The van der Waals surface area contributed by atoms with E-state index in [0.717, 1.165) is 13.0 Å². The van der Waals surface area contributed by atoms with Crippen molar-refractivity contribution in [2.75, 3.05) is 20.6 Å². The Morgan fingerprint density at radius 3 is 2.03 bits per heavy atom. The second-order valence-corrected chi connectivity index (χ2v) is 10.9. The van der Waals surface area contributed by atoms with Gasteiger partial charge in [-0.1, -0.05) is 36.4 Å². The maximum atomic E-state index is 15.0. The molecule has 0 amide bonds. The number of piperidine rings is 1. The third-order valence-electron chi connectivity index (χ3n) is 7.88. The van der Waals surface area contributed by atoms with Gasteiger partial charge in [0.2, 0.25) is 0 Å². The minimum absolute atomic E-state index is 0.0204. The number of ketones is 2. The Morgan fingerprint density at radius 1 is 0.897 bits per heavy atom. The zero-order valence-corrected chi connectivity index (χ0v) is 22.9. The second-order valence-electron chi connectivity index (χ2n) is 10.9. The number of halogens is 1. The highest BCUT2D eigenvalue weighted by atomic mass is 19.1. The largest absolute Gasteiger partial charge is 0.508 e. The van der Waals surface area contributed by atoms with Gasteiger partial charge in [0.05, 0.1) is 0 Å². The average molecular weight is 533 g/mol. The van der Waals surface area contributed by atoms with E-state index in [0.29, 0.717) is 28.7 Å². The number of nitrogens with zero attached hydrogens (tertiary/aromatic N) is 1. The minimum atomic E-state index is -0.705. The van der Waals surface area contributed by atoms with Crippen LogP contribution in [-0.2, 0) is 0 Å². The fraction of sp³-hybridized carbons (Fsp3) is 0.375. The van der Waals surface area contributed by atoms with Crippen LogP contribution in [0.1, 0.15) is 57.5 Å². The molecule has 0 spiro atoms. The summed E-state index contributed by atoms with van der Waals surface area (Å²) in [6, 6.07) is 16.7. The van der Waals surface area contributed by atoms with Crippen molar-refractivity contribution in [3.63, 3.8) is 0 Å². The molecule has 1 saturated heterocycles. The monoisotopic (exact) mass is 532 g/mol. The molecule has 1 heterocycles. The molecule has 0 bridgehead atoms. The molecular formula is C32H37FN2O4. The number of Topliss-reactive ketones (excluding diaryl/α,β-unsaturated/α-hetero) is 2. The molecule has 0 radical (unpaired) electrons. The summed E-state index contributed by atoms with van der Waals surface area (Å²) >= 11 is 0. The van der Waals surface area contributed by atoms with Crippen LogP contribution in [0.25, 0.3) is 0 Å². The maximum absolute atomic E-state index is 15.0. The molecule has 5 atom stereocenters. The molecule has 3 aromatic carbocycles. The van der Waals surface area contributed by atoms with E-state index < -0.39 is 23.6 Å². The second kappa shape index (κ2) is 12.1. The van der Waals surface area contributed by atoms with E-state index >= 15 is 0 Å². The maximum Gasteiger partial charge on any atom is 0.168 e. The van der Waals surface area contributed by atoms with E-state index in [4.69, 9.17) is 0 Å². The lowest BCUT2D eigenvalue weighted by molar-refractivity contribution is 0.0617. The zero-order valence-electron chi connectivity index (χ0n) is 22.9. The number of nitrogens with one attached hydrogen (secondary N) is 1. The molecule has 0 saturated carbocycles. The highest BCUT2D eigenvalue weighted by molar-refractivity contribution is 6.03. The molecular weight excluding hydrogens is 495 g/mol. The predicted octanol–water partition coefficient (Wildman–Crippen LogP) is 5.33. The van der Waals surface area contributed by atoms with Gasteiger partial charge in [0.1, 0.15) is 17.3 Å². The van der Waals surface area contributed by atoms with Crippen molar-refractivity contribution in [3.8, 4) is 11.5 Å². The topological polar surface area (TPSA) is 89.9 Å². The summed E-state index contributed by atoms with van der Waals surface area (Å²) in [6.45, 7) is 4.44. The molecule has 206 valence electrons. The van der Waals surface area contributed by atoms with Gasteiger partial charge >= 0.3 is 0 Å². The van der Waals surface area contributed by atoms with Crippen LogP contribution < -0.4 is 5.32 Å². The van der Waals surface area contributed by atoms with Gasteiger partial charge in [0.25, 0.3) is 0 Å². The first-order valence-corrected chi connectivity index (χ1v) is 13.4. The van der Waals surface area contributed by atoms with Crippen LogP contribution in [0.3, 0.4) is 0 Å². The van der Waals surface area contributed by atoms with Crippen LogP contribution in [0, 0.1) is 24.6 Å². The SMILES string of the molecule is Cc1c(F)cccc1[C@@H]1[C@@H](C(=O)c2cccc(O)c2)[C@H](C)N[C@H](CCCN(C)C)[C@H]1C(=O)c1cccc(O)c1. The Morgan fingerprint density at radius 2 is 1.46 bits per heavy atom. The van der Waals surface area contributed by atoms with Crippen molar-refractivity contribution >= 4 is 11.6 Å². The number of carbonyl (C=O) groups excluding carboxylic acids is 2. The highest BCUT2D eigenvalue weighted by Gasteiger charge is 2.50. The molecule has 1 aliphatic rings. The summed E-state index contributed by atoms with van der Waals surface area (Å²) in [5, 5.41) is 23.8. The fourth-order valence-electron chi connectivity index (χ4n) is 6.03. The lowest BCUT2D eigenvalue weighted by Crippen LogP contribution is -2.59. The van der Waals surface area contributed by atoms with Gasteiger partial charge in [0, 0.05) is 41.0 Å². The molecule has 4 rings (SSSR count). The van der Waals surface area contributed by atoms with Crippen LogP contribution >= 0.6 is 0 Å². The summed E-state index contributed by atoms with van der Waals surface area (Å²) < 4.78 is 15.0. The van der Waals surface area contributed by atoms with E-state index in [1.54, 1.807) is 37.3 Å². The molecule has 6 nitrogen and oxygen atoms in total. The Bertz CT molecular complexity index is 1340. The molecule has 1 fully saturated rings. The van der Waals surface area contributed by atoms with E-state index in [2.05, 4.69) is 10.2 Å². The molecule has 0 aromatic heterocycles. The van der Waals surface area contributed by atoms with E-state index in [-0.39, 0.29) is 35.1 Å². The van der Waals surface area contributed by atoms with Gasteiger partial charge in [-0.2, -0.15) is 0 Å². The van der Waals surface area contributed by atoms with Gasteiger partial charge in [-0.3, -0.25) is 9.59 Å². The smallest absolute Gasteiger partial charge is 0.168 e. The van der Waals surface area contributed by atoms with Crippen LogP contribution in [0.2, 0.25) is 0 Å². The van der Waals surface area contributed by atoms with Gasteiger partial charge in [-0.15, -0.1) is 0 Å². The first-order chi connectivity index (χ1) is 18.6. The van der Waals surface area contributed by atoms with Gasteiger partial charge in [0.15, 0.2) is 11.6 Å². The molecule has 3 aromatic rings. The molecule has 0 unspecified atom stereocenters. The number of carbonyl (C=O) groups is 2. The third kappa shape index (κ3) is 6.21. The van der Waals surface area contributed by atoms with Gasteiger partial charge in [-0.25, -0.2) is 4.39 Å². The first-order valence-electron chi connectivity index (χ1n) is 13.4. The zero-order chi connectivity index (χ0) is 28.3. The standard InChI is InChI=1S/C32H37FN2O4/c1-19-25(13-7-14-26(19)33)29-28(31(38)21-9-5-11-23(36)17-21)20(2)34-27(15-8-16-35(3)4)30(29)32(39)22-10-6-12-24(37)18-22/h5-7,9-14,17-18,20,27-30,34,36-37H,8,15-16H2,1-4H3/t20-,27+,28-,29+,30+/m0/s1. The van der Waals surface area contributed by atoms with Crippen LogP contribution in [-0.4, -0.2) is 59.4 Å². The number of rotatable bonds is 9. The summed E-state index contributed by atoms with van der Waals surface area (Å²) in [5.41, 5.74) is 1.71. The molecule has 1 aliphatic heterocycles. The van der Waals surface area contributed by atoms with Crippen molar-refractivity contribution in [2.45, 2.75) is 44.7 Å². The van der Waals surface area contributed by atoms with Crippen molar-refractivity contribution in [2.24, 2.45) is 11.8 Å². The molecule has 7 heteroatoms. The predicted molar refractivity (Wildman–Crippen MR) is 150 cm³/mol. The minimum Gasteiger partial charge on any atom is -0.508 e. The number of benzene rings is 3. The lowest BCUT2D eigenvalue weighted by Gasteiger charge is -2.47. The fourth-order valence-corrected chi connectivity index (χ4v) is 6.03. The van der Waals surface area contributed by atoms with Gasteiger partial charge < -0.3 is 20.4 Å². The number of hydrogen-bond donors (Lipinski definition) is 3. The normalized spacial score (nSPS) is 23.1. The van der Waals surface area contributed by atoms with Crippen LogP contribution in [0.15, 0.2) is 66.7 Å². The van der Waals surface area contributed by atoms with Crippen molar-refractivity contribution in [1.29, 1.82) is 0 Å². The van der Waals surface area contributed by atoms with Crippen LogP contribution in [0.5, 0.6) is 11.5 Å². The van der Waals surface area contributed by atoms with E-state index in [1.165, 1.54) is 30.3 Å². The van der Waals surface area contributed by atoms with Crippen molar-refractivity contribution in [1.82, 2.24) is 10.2 Å². The molecule has 0 aliphatic carbocycles. The number of phenolic OH excluding ortho intramolecular Hbond substituents is 2. The van der Waals surface area contributed by atoms with Gasteiger partial charge in [-0.05, 0) is 88.8 Å². The number of aromatic hydroxyl groups is 2. The Hall–Kier alpha value is -3.55. The summed E-state index contributed by atoms with van der Waals surface area (Å²) in [7, 11) is 3.99. The summed E-state index contributed by atoms with van der Waals surface area (Å²) in [5.74, 6) is -2.90. The number of hydrogen-bond acceptors (Lipinski definition) is 6. The van der Waals surface area contributed by atoms with E-state index in [9.17, 15) is 24.2 Å². The molecule has 3 N–H and O–H groups in total. The summed E-state index contributed by atoms with van der Waals surface area (Å²) in [6.07, 6.45) is 1.50. The van der Waals surface area contributed by atoms with E-state index in [1.807, 2.05) is 27.1 Å². The van der Waals surface area contributed by atoms with Crippen molar-refractivity contribution in [3.05, 3.63) is 94.8 Å². The lowest BCUT2D eigenvalue weighted by atomic mass is 9.62. The Balaban J connectivity index is 1.89. The Kier molecular flexibility index (Phi) is 8.83. The Labute approximate surface area is 229 Å². The quantitative estimate of drug-likeness (QED) is 0.323. The highest BCUT2D eigenvalue weighted by Crippen LogP contribution is 2.45. The number of phenols is 2. The summed E-state index contributed by atoms with van der Waals surface area (Å²) in [4.78, 5) is 30.5. The average Bonchev–Trinajstić information content (AvgIpc) is 2.89. The first kappa shape index (κ1) is 28.5. The van der Waals surface area contributed by atoms with Crippen LogP contribution in [0.4, 0.5) is 4.39 Å². The van der Waals surface area contributed by atoms with Crippen molar-refractivity contribution < 1.29 is 24.2 Å².